The number of halogens is 2. The van der Waals surface area contributed by atoms with Crippen LogP contribution in [0.1, 0.15) is 6.42 Å². The quantitative estimate of drug-likeness (QED) is 0.509. The molecule has 1 aliphatic rings. The molecule has 174 valence electrons. The molecule has 1 amide bonds. The SMILES string of the molecule is O=C(CN1CCC(NS(=O)(=O)c2ccc(Cl)s2)C1)Nc1ccc(-n2ccccc2=O)cc1F. The molecular weight excluding hydrogens is 491 g/mol. The molecule has 33 heavy (non-hydrogen) atoms. The van der Waals surface area contributed by atoms with Crippen LogP contribution in [0.15, 0.2) is 63.7 Å². The molecule has 1 saturated heterocycles. The maximum Gasteiger partial charge on any atom is 0.255 e. The highest BCUT2D eigenvalue weighted by Crippen LogP contribution is 2.26. The van der Waals surface area contributed by atoms with E-state index in [1.54, 1.807) is 17.0 Å². The first-order valence-corrected chi connectivity index (χ1v) is 12.7. The largest absolute Gasteiger partial charge is 0.322 e. The van der Waals surface area contributed by atoms with Crippen LogP contribution in [-0.4, -0.2) is 49.5 Å². The number of sulfonamides is 1. The summed E-state index contributed by atoms with van der Waals surface area (Å²) < 4.78 is 43.9. The first-order chi connectivity index (χ1) is 15.7. The zero-order valence-electron chi connectivity index (χ0n) is 17.2. The van der Waals surface area contributed by atoms with Gasteiger partial charge in [0.05, 0.1) is 22.3 Å². The van der Waals surface area contributed by atoms with E-state index in [0.717, 1.165) is 11.3 Å². The van der Waals surface area contributed by atoms with Gasteiger partial charge in [0.25, 0.3) is 5.56 Å². The Hall–Kier alpha value is -2.57. The van der Waals surface area contributed by atoms with Gasteiger partial charge in [0, 0.05) is 37.5 Å². The molecule has 0 saturated carbocycles. The third-order valence-electron chi connectivity index (χ3n) is 5.10. The summed E-state index contributed by atoms with van der Waals surface area (Å²) in [6, 6.07) is 11.4. The number of nitrogens with zero attached hydrogens (tertiary/aromatic N) is 2. The summed E-state index contributed by atoms with van der Waals surface area (Å²) in [6.45, 7) is 0.858. The molecule has 0 radical (unpaired) electrons. The van der Waals surface area contributed by atoms with Gasteiger partial charge >= 0.3 is 0 Å². The Kier molecular flexibility index (Phi) is 6.96. The van der Waals surface area contributed by atoms with E-state index in [9.17, 15) is 22.4 Å². The molecule has 4 rings (SSSR count). The van der Waals surface area contributed by atoms with Crippen molar-refractivity contribution >= 4 is 44.6 Å². The number of hydrogen-bond donors (Lipinski definition) is 2. The molecule has 0 aliphatic carbocycles. The van der Waals surface area contributed by atoms with E-state index in [2.05, 4.69) is 10.0 Å². The number of rotatable bonds is 7. The normalized spacial score (nSPS) is 16.7. The van der Waals surface area contributed by atoms with E-state index >= 15 is 0 Å². The number of aromatic nitrogens is 1. The fourth-order valence-corrected chi connectivity index (χ4v) is 6.34. The van der Waals surface area contributed by atoms with Gasteiger partial charge in [-0.3, -0.25) is 19.1 Å². The number of nitrogens with one attached hydrogen (secondary N) is 2. The van der Waals surface area contributed by atoms with Crippen molar-refractivity contribution in [3.8, 4) is 5.69 Å². The smallest absolute Gasteiger partial charge is 0.255 e. The maximum absolute atomic E-state index is 14.5. The van der Waals surface area contributed by atoms with Crippen LogP contribution in [-0.2, 0) is 14.8 Å². The van der Waals surface area contributed by atoms with Crippen LogP contribution in [0.5, 0.6) is 0 Å². The highest BCUT2D eigenvalue weighted by Gasteiger charge is 2.29. The predicted molar refractivity (Wildman–Crippen MR) is 125 cm³/mol. The number of thiophene rings is 1. The lowest BCUT2D eigenvalue weighted by Crippen LogP contribution is -2.38. The highest BCUT2D eigenvalue weighted by atomic mass is 35.5. The predicted octanol–water partition coefficient (Wildman–Crippen LogP) is 2.68. The van der Waals surface area contributed by atoms with Crippen LogP contribution in [0.25, 0.3) is 5.69 Å². The molecule has 2 aromatic heterocycles. The second-order valence-electron chi connectivity index (χ2n) is 7.52. The summed E-state index contributed by atoms with van der Waals surface area (Å²) >= 11 is 6.79. The Balaban J connectivity index is 1.33. The number of likely N-dealkylation sites (tertiary alicyclic amines) is 1. The van der Waals surface area contributed by atoms with Crippen molar-refractivity contribution in [2.45, 2.75) is 16.7 Å². The fourth-order valence-electron chi connectivity index (χ4n) is 3.58. The average Bonchev–Trinajstić information content (AvgIpc) is 3.39. The minimum Gasteiger partial charge on any atom is -0.322 e. The summed E-state index contributed by atoms with van der Waals surface area (Å²) in [5.74, 6) is -1.09. The third-order valence-corrected chi connectivity index (χ3v) is 8.35. The van der Waals surface area contributed by atoms with Gasteiger partial charge in [-0.2, -0.15) is 0 Å². The Labute approximate surface area is 198 Å². The summed E-state index contributed by atoms with van der Waals surface area (Å²) in [5, 5.41) is 2.53. The second kappa shape index (κ2) is 9.74. The lowest BCUT2D eigenvalue weighted by atomic mass is 10.2. The van der Waals surface area contributed by atoms with E-state index in [0.29, 0.717) is 29.5 Å². The van der Waals surface area contributed by atoms with Crippen molar-refractivity contribution in [1.82, 2.24) is 14.2 Å². The van der Waals surface area contributed by atoms with Crippen molar-refractivity contribution in [3.05, 3.63) is 75.2 Å². The molecule has 1 unspecified atom stereocenters. The number of hydrogen-bond acceptors (Lipinski definition) is 6. The lowest BCUT2D eigenvalue weighted by molar-refractivity contribution is -0.117. The molecule has 2 N–H and O–H groups in total. The maximum atomic E-state index is 14.5. The monoisotopic (exact) mass is 510 g/mol. The Bertz CT molecular complexity index is 1340. The summed E-state index contributed by atoms with van der Waals surface area (Å²) in [5.41, 5.74) is 0.0478. The zero-order chi connectivity index (χ0) is 23.6. The Morgan fingerprint density at radius 1 is 1.21 bits per heavy atom. The highest BCUT2D eigenvalue weighted by molar-refractivity contribution is 7.91. The minimum atomic E-state index is -3.68. The number of pyridine rings is 1. The molecule has 1 fully saturated rings. The van der Waals surface area contributed by atoms with Crippen LogP contribution in [0.3, 0.4) is 0 Å². The van der Waals surface area contributed by atoms with Gasteiger partial charge in [0.1, 0.15) is 10.0 Å². The van der Waals surface area contributed by atoms with Gasteiger partial charge < -0.3 is 5.32 Å². The summed E-state index contributed by atoms with van der Waals surface area (Å²) in [6.07, 6.45) is 2.07. The van der Waals surface area contributed by atoms with Crippen molar-refractivity contribution in [2.75, 3.05) is 25.0 Å². The standard InChI is InChI=1S/C21H20ClFN4O4S2/c22-18-6-7-21(32-18)33(30,31)25-14-8-10-26(12-14)13-19(28)24-17-5-4-15(11-16(17)23)27-9-2-1-3-20(27)29/h1-7,9,11,14,25H,8,10,12-13H2,(H,24,28). The molecule has 3 heterocycles. The molecule has 3 aromatic rings. The number of anilines is 1. The first-order valence-electron chi connectivity index (χ1n) is 9.99. The van der Waals surface area contributed by atoms with Crippen LogP contribution >= 0.6 is 22.9 Å². The lowest BCUT2D eigenvalue weighted by Gasteiger charge is -2.16. The van der Waals surface area contributed by atoms with Gasteiger partial charge in [-0.25, -0.2) is 17.5 Å². The molecule has 0 spiro atoms. The number of amides is 1. The van der Waals surface area contributed by atoms with Gasteiger partial charge in [-0.15, -0.1) is 11.3 Å². The summed E-state index contributed by atoms with van der Waals surface area (Å²) in [4.78, 5) is 26.1. The van der Waals surface area contributed by atoms with Crippen molar-refractivity contribution in [1.29, 1.82) is 0 Å². The van der Waals surface area contributed by atoms with Crippen LogP contribution in [0.4, 0.5) is 10.1 Å². The Morgan fingerprint density at radius 3 is 2.73 bits per heavy atom. The molecule has 1 aliphatic heterocycles. The van der Waals surface area contributed by atoms with Crippen molar-refractivity contribution in [3.63, 3.8) is 0 Å². The van der Waals surface area contributed by atoms with Gasteiger partial charge in [-0.1, -0.05) is 17.7 Å². The van der Waals surface area contributed by atoms with Crippen LogP contribution < -0.4 is 15.6 Å². The summed E-state index contributed by atoms with van der Waals surface area (Å²) in [7, 11) is -3.68. The molecular formula is C21H20ClFN4O4S2. The van der Waals surface area contributed by atoms with E-state index in [1.165, 1.54) is 47.2 Å². The van der Waals surface area contributed by atoms with Gasteiger partial charge in [-0.05, 0) is 36.8 Å². The molecule has 8 nitrogen and oxygen atoms in total. The molecule has 0 bridgehead atoms. The van der Waals surface area contributed by atoms with E-state index in [4.69, 9.17) is 11.6 Å². The van der Waals surface area contributed by atoms with Crippen LogP contribution in [0, 0.1) is 5.82 Å². The fraction of sp³-hybridized carbons (Fsp3) is 0.238. The van der Waals surface area contributed by atoms with E-state index in [-0.39, 0.29) is 28.0 Å². The van der Waals surface area contributed by atoms with E-state index in [1.807, 2.05) is 0 Å². The minimum absolute atomic E-state index is 0.00115. The topological polar surface area (TPSA) is 101 Å². The molecule has 1 atom stereocenters. The molecule has 1 aromatic carbocycles. The van der Waals surface area contributed by atoms with Crippen molar-refractivity contribution in [2.24, 2.45) is 0 Å². The zero-order valence-corrected chi connectivity index (χ0v) is 19.6. The molecule has 12 heteroatoms. The average molecular weight is 511 g/mol. The van der Waals surface area contributed by atoms with Crippen LogP contribution in [0.2, 0.25) is 4.34 Å². The van der Waals surface area contributed by atoms with Crippen molar-refractivity contribution < 1.29 is 17.6 Å². The first kappa shape index (κ1) is 23.6. The second-order valence-corrected chi connectivity index (χ2v) is 11.2. The van der Waals surface area contributed by atoms with Gasteiger partial charge in [0.2, 0.25) is 15.9 Å². The van der Waals surface area contributed by atoms with E-state index < -0.39 is 21.7 Å². The number of carbonyl (C=O) groups is 1. The number of benzene rings is 1. The van der Waals surface area contributed by atoms with Gasteiger partial charge in [0.15, 0.2) is 0 Å². The number of carbonyl (C=O) groups excluding carboxylic acids is 1. The third kappa shape index (κ3) is 5.68. The Morgan fingerprint density at radius 2 is 2.03 bits per heavy atom.